The third-order valence-electron chi connectivity index (χ3n) is 2.66. The van der Waals surface area contributed by atoms with Crippen LogP contribution in [0.5, 0.6) is 0 Å². The minimum atomic E-state index is -2.05. The van der Waals surface area contributed by atoms with Gasteiger partial charge < -0.3 is 14.6 Å². The fourth-order valence-electron chi connectivity index (χ4n) is 1.65. The van der Waals surface area contributed by atoms with E-state index in [2.05, 4.69) is 9.57 Å². The van der Waals surface area contributed by atoms with Crippen LogP contribution in [0.15, 0.2) is 0 Å². The Labute approximate surface area is 101 Å². The molecule has 0 radical (unpaired) electrons. The van der Waals surface area contributed by atoms with Crippen LogP contribution < -0.4 is 0 Å². The number of hydrogen-bond acceptors (Lipinski definition) is 8. The molecule has 0 aromatic rings. The number of nitrogens with zero attached hydrogens (tertiary/aromatic N) is 1. The van der Waals surface area contributed by atoms with E-state index in [1.54, 1.807) is 0 Å². The van der Waals surface area contributed by atoms with Crippen molar-refractivity contribution in [1.82, 2.24) is 0 Å². The molecule has 2 aliphatic heterocycles. The van der Waals surface area contributed by atoms with E-state index in [-0.39, 0.29) is 25.9 Å². The van der Waals surface area contributed by atoms with Gasteiger partial charge in [-0.2, -0.15) is 14.8 Å². The van der Waals surface area contributed by atoms with Crippen LogP contribution >= 0.6 is 0 Å². The zero-order valence-electron chi connectivity index (χ0n) is 9.27. The summed E-state index contributed by atoms with van der Waals surface area (Å²) in [7, 11) is 0. The molecule has 2 aliphatic rings. The SMILES string of the molecule is O=C(OC1OCC[C@H]1O)O[N+]1(O)C(=O)CCC1=O. The van der Waals surface area contributed by atoms with Crippen molar-refractivity contribution in [3.05, 3.63) is 0 Å². The average Bonchev–Trinajstić information content (AvgIpc) is 2.79. The monoisotopic (exact) mass is 262 g/mol. The summed E-state index contributed by atoms with van der Waals surface area (Å²) in [6, 6.07) is 0. The molecule has 2 heterocycles. The van der Waals surface area contributed by atoms with Gasteiger partial charge in [0, 0.05) is 6.42 Å². The second kappa shape index (κ2) is 4.61. The second-order valence-electron chi connectivity index (χ2n) is 3.92. The molecule has 2 N–H and O–H groups in total. The maximum atomic E-state index is 11.3. The van der Waals surface area contributed by atoms with Crippen LogP contribution in [-0.2, 0) is 23.9 Å². The highest BCUT2D eigenvalue weighted by molar-refractivity contribution is 5.90. The van der Waals surface area contributed by atoms with Gasteiger partial charge in [-0.15, -0.1) is 0 Å². The van der Waals surface area contributed by atoms with Crippen molar-refractivity contribution >= 4 is 18.0 Å². The molecular weight excluding hydrogens is 250 g/mol. The van der Waals surface area contributed by atoms with Gasteiger partial charge in [0.15, 0.2) is 0 Å². The first-order valence-corrected chi connectivity index (χ1v) is 5.32. The molecule has 18 heavy (non-hydrogen) atoms. The summed E-state index contributed by atoms with van der Waals surface area (Å²) in [5.74, 6) is -1.91. The van der Waals surface area contributed by atoms with Crippen molar-refractivity contribution in [3.63, 3.8) is 0 Å². The highest BCUT2D eigenvalue weighted by Gasteiger charge is 2.56. The molecule has 0 bridgehead atoms. The third-order valence-corrected chi connectivity index (χ3v) is 2.66. The van der Waals surface area contributed by atoms with E-state index in [1.165, 1.54) is 0 Å². The number of amides is 2. The number of rotatable bonds is 2. The maximum absolute atomic E-state index is 11.3. The maximum Gasteiger partial charge on any atom is 0.566 e. The summed E-state index contributed by atoms with van der Waals surface area (Å²) in [5, 5.41) is 18.9. The van der Waals surface area contributed by atoms with Gasteiger partial charge in [0.25, 0.3) is 0 Å². The summed E-state index contributed by atoms with van der Waals surface area (Å²) >= 11 is 0. The van der Waals surface area contributed by atoms with Gasteiger partial charge in [0.05, 0.1) is 19.4 Å². The Bertz CT molecular complexity index is 378. The van der Waals surface area contributed by atoms with Crippen LogP contribution in [0.25, 0.3) is 0 Å². The molecule has 0 aromatic heterocycles. The van der Waals surface area contributed by atoms with Gasteiger partial charge in [0.2, 0.25) is 6.29 Å². The molecule has 2 atom stereocenters. The minimum absolute atomic E-state index is 0.204. The predicted octanol–water partition coefficient (Wildman–Crippen LogP) is -0.785. The third kappa shape index (κ3) is 2.20. The van der Waals surface area contributed by atoms with Gasteiger partial charge >= 0.3 is 18.0 Å². The first kappa shape index (κ1) is 12.9. The Morgan fingerprint density at radius 3 is 2.44 bits per heavy atom. The van der Waals surface area contributed by atoms with Gasteiger partial charge in [-0.05, 0) is 0 Å². The Morgan fingerprint density at radius 2 is 1.94 bits per heavy atom. The van der Waals surface area contributed by atoms with Crippen LogP contribution in [0.3, 0.4) is 0 Å². The quantitative estimate of drug-likeness (QED) is 0.288. The number of imide groups is 1. The van der Waals surface area contributed by atoms with E-state index in [9.17, 15) is 24.7 Å². The van der Waals surface area contributed by atoms with Crippen LogP contribution in [0, 0.1) is 0 Å². The van der Waals surface area contributed by atoms with Crippen molar-refractivity contribution in [2.24, 2.45) is 0 Å². The summed E-state index contributed by atoms with van der Waals surface area (Å²) in [6.45, 7) is 0.204. The number of carbonyl (C=O) groups excluding carboxylic acids is 3. The van der Waals surface area contributed by atoms with Crippen molar-refractivity contribution in [2.45, 2.75) is 31.7 Å². The fourth-order valence-corrected chi connectivity index (χ4v) is 1.65. The molecule has 9 heteroatoms. The number of quaternary nitrogens is 1. The predicted molar refractivity (Wildman–Crippen MR) is 49.2 cm³/mol. The van der Waals surface area contributed by atoms with Gasteiger partial charge in [-0.1, -0.05) is 0 Å². The lowest BCUT2D eigenvalue weighted by molar-refractivity contribution is -1.12. The number of carbonyl (C=O) groups is 3. The lowest BCUT2D eigenvalue weighted by atomic mass is 10.3. The van der Waals surface area contributed by atoms with Crippen molar-refractivity contribution < 1.29 is 43.8 Å². The van der Waals surface area contributed by atoms with E-state index < -0.39 is 35.2 Å². The Morgan fingerprint density at radius 1 is 1.33 bits per heavy atom. The van der Waals surface area contributed by atoms with E-state index in [1.807, 2.05) is 0 Å². The van der Waals surface area contributed by atoms with Crippen molar-refractivity contribution in [3.8, 4) is 0 Å². The van der Waals surface area contributed by atoms with Crippen LogP contribution in [0.2, 0.25) is 0 Å². The molecule has 0 aromatic carbocycles. The zero-order valence-corrected chi connectivity index (χ0v) is 9.27. The lowest BCUT2D eigenvalue weighted by Gasteiger charge is -2.18. The zero-order chi connectivity index (χ0) is 13.3. The Balaban J connectivity index is 1.95. The topological polar surface area (TPSA) is 119 Å². The van der Waals surface area contributed by atoms with Crippen LogP contribution in [-0.4, -0.2) is 52.1 Å². The number of aliphatic hydroxyl groups is 1. The summed E-state index contributed by atoms with van der Waals surface area (Å²) < 4.78 is 9.39. The second-order valence-corrected chi connectivity index (χ2v) is 3.92. The Kier molecular flexibility index (Phi) is 3.30. The minimum Gasteiger partial charge on any atom is -0.398 e. The smallest absolute Gasteiger partial charge is 0.398 e. The molecule has 0 aliphatic carbocycles. The van der Waals surface area contributed by atoms with Crippen LogP contribution in [0.4, 0.5) is 4.79 Å². The molecule has 2 fully saturated rings. The number of hydroxylamine groups is 4. The highest BCUT2D eigenvalue weighted by Crippen LogP contribution is 2.22. The van der Waals surface area contributed by atoms with E-state index in [4.69, 9.17) is 4.74 Å². The fraction of sp³-hybridized carbons (Fsp3) is 0.667. The van der Waals surface area contributed by atoms with E-state index >= 15 is 0 Å². The molecule has 0 spiro atoms. The van der Waals surface area contributed by atoms with Crippen molar-refractivity contribution in [2.75, 3.05) is 6.61 Å². The molecule has 2 saturated heterocycles. The van der Waals surface area contributed by atoms with E-state index in [0.717, 1.165) is 0 Å². The number of hydrogen-bond donors (Lipinski definition) is 2. The highest BCUT2D eigenvalue weighted by atomic mass is 17.0. The molecule has 9 nitrogen and oxygen atoms in total. The summed E-state index contributed by atoms with van der Waals surface area (Å²) in [6.07, 6.45) is -3.84. The number of ether oxygens (including phenoxy) is 2. The summed E-state index contributed by atoms with van der Waals surface area (Å²) in [5.41, 5.74) is 0. The van der Waals surface area contributed by atoms with Crippen LogP contribution in [0.1, 0.15) is 19.3 Å². The average molecular weight is 262 g/mol. The first-order chi connectivity index (χ1) is 8.43. The largest absolute Gasteiger partial charge is 0.566 e. The molecule has 100 valence electrons. The van der Waals surface area contributed by atoms with Crippen molar-refractivity contribution in [1.29, 1.82) is 0 Å². The molecule has 2 rings (SSSR count). The molecule has 2 amide bonds. The molecule has 1 unspecified atom stereocenters. The van der Waals surface area contributed by atoms with Gasteiger partial charge in [-0.25, -0.2) is 9.59 Å². The van der Waals surface area contributed by atoms with Gasteiger partial charge in [0.1, 0.15) is 10.9 Å². The normalized spacial score (nSPS) is 30.6. The first-order valence-electron chi connectivity index (χ1n) is 5.32. The summed E-state index contributed by atoms with van der Waals surface area (Å²) in [4.78, 5) is 36.0. The van der Waals surface area contributed by atoms with Gasteiger partial charge in [-0.3, -0.25) is 0 Å². The lowest BCUT2D eigenvalue weighted by Crippen LogP contribution is -2.51. The Hall–Kier alpha value is -1.55. The van der Waals surface area contributed by atoms with E-state index in [0.29, 0.717) is 0 Å². The number of aliphatic hydroxyl groups excluding tert-OH is 1. The molecular formula is C9H12NO8+. The standard InChI is InChI=1S/C9H12NO8/c11-5-3-4-16-8(5)17-9(14)18-10(15)6(12)1-2-7(10)13/h5,8,11,15H,1-4H2/q+1/t5-,8?/m1/s1. The molecule has 0 saturated carbocycles.